The van der Waals surface area contributed by atoms with Gasteiger partial charge in [0.25, 0.3) is 0 Å². The molecule has 0 bridgehead atoms. The molecule has 0 unspecified atom stereocenters. The minimum Gasteiger partial charge on any atom is -0.447 e. The van der Waals surface area contributed by atoms with Crippen LogP contribution in [0.3, 0.4) is 0 Å². The summed E-state index contributed by atoms with van der Waals surface area (Å²) < 4.78 is 12.5. The number of aliphatic hydroxyl groups excluding tert-OH is 2. The number of aromatic nitrogens is 4. The second-order valence-electron chi connectivity index (χ2n) is 5.38. The van der Waals surface area contributed by atoms with E-state index in [2.05, 4.69) is 20.3 Å². The largest absolute Gasteiger partial charge is 0.447 e. The molecule has 2 aromatic rings. The molecular formula is C13H17IN6O5. The summed E-state index contributed by atoms with van der Waals surface area (Å²) in [6.07, 6.45) is -3.56. The predicted molar refractivity (Wildman–Crippen MR) is 93.4 cm³/mol. The molecular weight excluding hydrogens is 447 g/mol. The Kier molecular flexibility index (Phi) is 5.21. The monoisotopic (exact) mass is 464 g/mol. The lowest BCUT2D eigenvalue weighted by atomic mass is 10.1. The number of anilines is 1. The van der Waals surface area contributed by atoms with Gasteiger partial charge >= 0.3 is 6.09 Å². The molecule has 11 nitrogen and oxygen atoms in total. The zero-order chi connectivity index (χ0) is 18.1. The maximum Gasteiger partial charge on any atom is 0.407 e. The Hall–Kier alpha value is -1.77. The first kappa shape index (κ1) is 18.0. The number of fused-ring (bicyclic) bond motifs is 1. The first-order valence-electron chi connectivity index (χ1n) is 7.50. The van der Waals surface area contributed by atoms with Crippen LogP contribution < -0.4 is 11.1 Å². The quantitative estimate of drug-likeness (QED) is 0.342. The average Bonchev–Trinajstić information content (AvgIpc) is 3.09. The van der Waals surface area contributed by atoms with E-state index < -0.39 is 30.6 Å². The molecule has 1 saturated heterocycles. The van der Waals surface area contributed by atoms with Crippen LogP contribution in [-0.2, 0) is 9.47 Å². The van der Waals surface area contributed by atoms with Gasteiger partial charge in [0.1, 0.15) is 30.4 Å². The van der Waals surface area contributed by atoms with E-state index in [-0.39, 0.29) is 12.4 Å². The summed E-state index contributed by atoms with van der Waals surface area (Å²) in [5.74, 6) is 0.206. The first-order valence-corrected chi connectivity index (χ1v) is 8.58. The fourth-order valence-electron chi connectivity index (χ4n) is 2.55. The van der Waals surface area contributed by atoms with Gasteiger partial charge in [0.05, 0.1) is 6.33 Å². The molecule has 1 aliphatic rings. The van der Waals surface area contributed by atoms with Crippen molar-refractivity contribution in [3.8, 4) is 0 Å². The lowest BCUT2D eigenvalue weighted by Crippen LogP contribution is -2.35. The van der Waals surface area contributed by atoms with E-state index in [9.17, 15) is 15.0 Å². The number of hydrogen-bond donors (Lipinski definition) is 4. The van der Waals surface area contributed by atoms with Crippen LogP contribution in [0.5, 0.6) is 0 Å². The van der Waals surface area contributed by atoms with Gasteiger partial charge in [-0.05, 0) is 6.92 Å². The van der Waals surface area contributed by atoms with Crippen molar-refractivity contribution in [2.75, 3.05) is 18.9 Å². The van der Waals surface area contributed by atoms with Crippen LogP contribution in [0.4, 0.5) is 10.6 Å². The van der Waals surface area contributed by atoms with E-state index in [0.717, 1.165) is 0 Å². The summed E-state index contributed by atoms with van der Waals surface area (Å²) in [7, 11) is 0. The molecule has 4 atom stereocenters. The summed E-state index contributed by atoms with van der Waals surface area (Å²) in [6, 6.07) is 0. The molecule has 3 rings (SSSR count). The number of halogens is 1. The number of hydrogen-bond acceptors (Lipinski definition) is 9. The third kappa shape index (κ3) is 3.47. The molecule has 0 radical (unpaired) electrons. The summed E-state index contributed by atoms with van der Waals surface area (Å²) in [4.78, 5) is 23.8. The molecule has 0 aliphatic carbocycles. The maximum atomic E-state index is 11.4. The summed E-state index contributed by atoms with van der Waals surface area (Å²) in [6.45, 7) is 1.96. The third-order valence-corrected chi connectivity index (χ3v) is 4.21. The number of carbonyl (C=O) groups excluding carboxylic acids is 1. The van der Waals surface area contributed by atoms with E-state index in [0.29, 0.717) is 21.5 Å². The number of amides is 1. The lowest BCUT2D eigenvalue weighted by Gasteiger charge is -2.16. The topological polar surface area (TPSA) is 158 Å². The van der Waals surface area contributed by atoms with Crippen molar-refractivity contribution >= 4 is 45.7 Å². The van der Waals surface area contributed by atoms with Gasteiger partial charge in [0, 0.05) is 29.1 Å². The minimum atomic E-state index is -1.26. The summed E-state index contributed by atoms with van der Waals surface area (Å²) in [5, 5.41) is 22.9. The predicted octanol–water partition coefficient (Wildman–Crippen LogP) is -0.622. The van der Waals surface area contributed by atoms with Crippen molar-refractivity contribution in [1.29, 1.82) is 0 Å². The Morgan fingerprint density at radius 3 is 2.96 bits per heavy atom. The molecule has 12 heteroatoms. The van der Waals surface area contributed by atoms with Gasteiger partial charge < -0.3 is 30.7 Å². The van der Waals surface area contributed by atoms with Crippen molar-refractivity contribution in [1.82, 2.24) is 24.8 Å². The fourth-order valence-corrected chi connectivity index (χ4v) is 3.04. The number of nitrogens with zero attached hydrogens (tertiary/aromatic N) is 4. The Balaban J connectivity index is 1.80. The minimum absolute atomic E-state index is 0.206. The Bertz CT molecular complexity index is 786. The zero-order valence-corrected chi connectivity index (χ0v) is 15.3. The van der Waals surface area contributed by atoms with Crippen molar-refractivity contribution < 1.29 is 24.5 Å². The van der Waals surface area contributed by atoms with Crippen molar-refractivity contribution in [2.45, 2.75) is 31.5 Å². The lowest BCUT2D eigenvalue weighted by molar-refractivity contribution is -0.0532. The highest BCUT2D eigenvalue weighted by atomic mass is 127. The van der Waals surface area contributed by atoms with Crippen molar-refractivity contribution in [3.05, 3.63) is 10.2 Å². The molecule has 0 saturated carbocycles. The van der Waals surface area contributed by atoms with Gasteiger partial charge in [-0.1, -0.05) is 0 Å². The highest BCUT2D eigenvalue weighted by molar-refractivity contribution is 14.1. The summed E-state index contributed by atoms with van der Waals surface area (Å²) in [5.41, 5.74) is 6.56. The standard InChI is InChI=1S/C13H17IN6O5/c1-2-16-13(23)24-3-5-7(21)8(22)11(25-5)20-4-17-6-9(15)18-12(14)19-10(6)20/h4-5,7-8,11,21-22H,2-3H2,1H3,(H,16,23)(H2,15,18,19)/t5-,7-,8-,11-/m1/s1. The molecule has 1 aliphatic heterocycles. The van der Waals surface area contributed by atoms with Crippen LogP contribution in [0.25, 0.3) is 11.2 Å². The molecule has 25 heavy (non-hydrogen) atoms. The van der Waals surface area contributed by atoms with Gasteiger partial charge in [0.2, 0.25) is 0 Å². The number of nitrogens with one attached hydrogen (secondary N) is 1. The number of ether oxygens (including phenoxy) is 2. The number of rotatable bonds is 4. The molecule has 0 aromatic carbocycles. The van der Waals surface area contributed by atoms with Crippen LogP contribution in [0.15, 0.2) is 6.33 Å². The van der Waals surface area contributed by atoms with E-state index >= 15 is 0 Å². The van der Waals surface area contributed by atoms with E-state index in [1.807, 2.05) is 22.6 Å². The fraction of sp³-hybridized carbons (Fsp3) is 0.538. The smallest absolute Gasteiger partial charge is 0.407 e. The van der Waals surface area contributed by atoms with Crippen molar-refractivity contribution in [3.63, 3.8) is 0 Å². The van der Waals surface area contributed by atoms with Gasteiger partial charge in [-0.15, -0.1) is 0 Å². The van der Waals surface area contributed by atoms with E-state index in [4.69, 9.17) is 15.2 Å². The summed E-state index contributed by atoms with van der Waals surface area (Å²) >= 11 is 1.91. The van der Waals surface area contributed by atoms with Crippen LogP contribution in [0, 0.1) is 3.83 Å². The number of alkyl carbamates (subject to hydrolysis) is 1. The van der Waals surface area contributed by atoms with E-state index in [1.54, 1.807) is 6.92 Å². The van der Waals surface area contributed by atoms with Gasteiger partial charge in [-0.3, -0.25) is 4.57 Å². The Morgan fingerprint density at radius 1 is 1.48 bits per heavy atom. The van der Waals surface area contributed by atoms with Gasteiger partial charge in [-0.2, -0.15) is 0 Å². The second-order valence-corrected chi connectivity index (χ2v) is 6.34. The molecule has 3 heterocycles. The number of carbonyl (C=O) groups is 1. The average molecular weight is 464 g/mol. The molecule has 2 aromatic heterocycles. The highest BCUT2D eigenvalue weighted by Crippen LogP contribution is 2.32. The van der Waals surface area contributed by atoms with E-state index in [1.165, 1.54) is 10.9 Å². The van der Waals surface area contributed by atoms with Gasteiger partial charge in [0.15, 0.2) is 21.5 Å². The second kappa shape index (κ2) is 7.23. The molecule has 136 valence electrons. The maximum absolute atomic E-state index is 11.4. The van der Waals surface area contributed by atoms with Crippen molar-refractivity contribution in [2.24, 2.45) is 0 Å². The molecule has 1 amide bonds. The van der Waals surface area contributed by atoms with Crippen LogP contribution in [0.1, 0.15) is 13.2 Å². The zero-order valence-electron chi connectivity index (χ0n) is 13.2. The molecule has 0 spiro atoms. The highest BCUT2D eigenvalue weighted by Gasteiger charge is 2.45. The van der Waals surface area contributed by atoms with Crippen LogP contribution in [0.2, 0.25) is 0 Å². The normalized spacial score (nSPS) is 26.1. The molecule has 5 N–H and O–H groups in total. The third-order valence-electron chi connectivity index (χ3n) is 3.73. The van der Waals surface area contributed by atoms with Gasteiger partial charge in [-0.25, -0.2) is 19.7 Å². The number of nitrogen functional groups attached to an aromatic ring is 1. The SMILES string of the molecule is CCNC(=O)OC[C@H]1O[C@@H](n2cnc3c(N)nc(I)nc32)[C@H](O)[C@@H]1O. The van der Waals surface area contributed by atoms with Crippen LogP contribution in [-0.4, -0.2) is 67.3 Å². The number of nitrogens with two attached hydrogens (primary N) is 1. The Morgan fingerprint density at radius 2 is 2.24 bits per heavy atom. The Labute approximate surface area is 155 Å². The number of imidazole rings is 1. The molecule has 1 fully saturated rings. The first-order chi connectivity index (χ1) is 11.9. The number of aliphatic hydroxyl groups is 2. The van der Waals surface area contributed by atoms with Crippen LogP contribution >= 0.6 is 22.6 Å².